The van der Waals surface area contributed by atoms with Crippen molar-refractivity contribution >= 4 is 27.3 Å². The SMILES string of the molecule is CNC(CCc1cccnc1)c1sccc1Br. The second-order valence-electron chi connectivity index (χ2n) is 3.87. The highest BCUT2D eigenvalue weighted by molar-refractivity contribution is 9.10. The minimum absolute atomic E-state index is 0.407. The molecule has 0 saturated carbocycles. The smallest absolute Gasteiger partial charge is 0.0426 e. The standard InChI is InChI=1S/C13H15BrN2S/c1-15-12(13-11(14)6-8-17-13)5-4-10-3-2-7-16-9-10/h2-3,6-9,12,15H,4-5H2,1H3. The first-order valence-electron chi connectivity index (χ1n) is 5.60. The molecule has 2 aromatic rings. The average Bonchev–Trinajstić information content (AvgIpc) is 2.78. The molecule has 2 aromatic heterocycles. The maximum Gasteiger partial charge on any atom is 0.0426 e. The summed E-state index contributed by atoms with van der Waals surface area (Å²) in [6.45, 7) is 0. The summed E-state index contributed by atoms with van der Waals surface area (Å²) in [5, 5.41) is 5.49. The van der Waals surface area contributed by atoms with Crippen LogP contribution in [0.3, 0.4) is 0 Å². The maximum absolute atomic E-state index is 4.14. The highest BCUT2D eigenvalue weighted by Gasteiger charge is 2.13. The number of aryl methyl sites for hydroxylation is 1. The van der Waals surface area contributed by atoms with Crippen LogP contribution in [0.2, 0.25) is 0 Å². The number of rotatable bonds is 5. The van der Waals surface area contributed by atoms with Gasteiger partial charge in [0.2, 0.25) is 0 Å². The Hall–Kier alpha value is -0.710. The molecule has 0 amide bonds. The Morgan fingerprint density at radius 2 is 2.35 bits per heavy atom. The van der Waals surface area contributed by atoms with Gasteiger partial charge >= 0.3 is 0 Å². The number of hydrogen-bond acceptors (Lipinski definition) is 3. The van der Waals surface area contributed by atoms with Gasteiger partial charge in [0.1, 0.15) is 0 Å². The molecule has 0 aliphatic heterocycles. The fraction of sp³-hybridized carbons (Fsp3) is 0.308. The summed E-state index contributed by atoms with van der Waals surface area (Å²) in [7, 11) is 2.01. The van der Waals surface area contributed by atoms with Crippen molar-refractivity contribution in [3.8, 4) is 0 Å². The van der Waals surface area contributed by atoms with Crippen LogP contribution in [0.5, 0.6) is 0 Å². The zero-order valence-electron chi connectivity index (χ0n) is 9.69. The molecule has 2 rings (SSSR count). The summed E-state index contributed by atoms with van der Waals surface area (Å²) >= 11 is 5.38. The number of thiophene rings is 1. The molecule has 2 heterocycles. The van der Waals surface area contributed by atoms with Gasteiger partial charge in [0.05, 0.1) is 0 Å². The van der Waals surface area contributed by atoms with Crippen molar-refractivity contribution < 1.29 is 0 Å². The fourth-order valence-corrected chi connectivity index (χ4v) is 3.61. The molecule has 0 bridgehead atoms. The minimum atomic E-state index is 0.407. The van der Waals surface area contributed by atoms with E-state index in [-0.39, 0.29) is 0 Å². The summed E-state index contributed by atoms with van der Waals surface area (Å²) < 4.78 is 1.20. The molecule has 0 fully saturated rings. The normalized spacial score (nSPS) is 12.6. The van der Waals surface area contributed by atoms with Crippen LogP contribution < -0.4 is 5.32 Å². The lowest BCUT2D eigenvalue weighted by molar-refractivity contribution is 0.556. The van der Waals surface area contributed by atoms with Crippen molar-refractivity contribution in [2.24, 2.45) is 0 Å². The Labute approximate surface area is 114 Å². The molecule has 0 radical (unpaired) electrons. The predicted octanol–water partition coefficient (Wildman–Crippen LogP) is 3.80. The van der Waals surface area contributed by atoms with E-state index < -0.39 is 0 Å². The van der Waals surface area contributed by atoms with E-state index in [1.807, 2.05) is 25.5 Å². The Morgan fingerprint density at radius 3 is 2.94 bits per heavy atom. The van der Waals surface area contributed by atoms with Gasteiger partial charge in [-0.1, -0.05) is 6.07 Å². The van der Waals surface area contributed by atoms with Crippen LogP contribution in [0.15, 0.2) is 40.4 Å². The molecule has 0 spiro atoms. The van der Waals surface area contributed by atoms with Crippen molar-refractivity contribution in [2.75, 3.05) is 7.05 Å². The fourth-order valence-electron chi connectivity index (χ4n) is 1.82. The van der Waals surface area contributed by atoms with Crippen molar-refractivity contribution in [3.63, 3.8) is 0 Å². The Balaban J connectivity index is 2.00. The van der Waals surface area contributed by atoms with Crippen molar-refractivity contribution in [1.29, 1.82) is 0 Å². The summed E-state index contributed by atoms with van der Waals surface area (Å²) in [5.41, 5.74) is 1.29. The molecule has 2 nitrogen and oxygen atoms in total. The number of aromatic nitrogens is 1. The van der Waals surface area contributed by atoms with Gasteiger partial charge in [-0.25, -0.2) is 0 Å². The first-order valence-corrected chi connectivity index (χ1v) is 7.27. The lowest BCUT2D eigenvalue weighted by atomic mass is 10.1. The van der Waals surface area contributed by atoms with Gasteiger partial charge in [-0.2, -0.15) is 0 Å². The highest BCUT2D eigenvalue weighted by Crippen LogP contribution is 2.31. The zero-order chi connectivity index (χ0) is 12.1. The second-order valence-corrected chi connectivity index (χ2v) is 5.68. The average molecular weight is 311 g/mol. The monoisotopic (exact) mass is 310 g/mol. The zero-order valence-corrected chi connectivity index (χ0v) is 12.1. The van der Waals surface area contributed by atoms with Crippen LogP contribution in [-0.2, 0) is 6.42 Å². The second kappa shape index (κ2) is 6.28. The van der Waals surface area contributed by atoms with Crippen molar-refractivity contribution in [3.05, 3.63) is 50.9 Å². The van der Waals surface area contributed by atoms with E-state index in [2.05, 4.69) is 43.7 Å². The van der Waals surface area contributed by atoms with Crippen LogP contribution in [0.4, 0.5) is 0 Å². The van der Waals surface area contributed by atoms with E-state index in [9.17, 15) is 0 Å². The van der Waals surface area contributed by atoms with E-state index in [4.69, 9.17) is 0 Å². The highest BCUT2D eigenvalue weighted by atomic mass is 79.9. The van der Waals surface area contributed by atoms with Gasteiger partial charge in [0, 0.05) is 27.8 Å². The molecule has 4 heteroatoms. The maximum atomic E-state index is 4.14. The number of hydrogen-bond donors (Lipinski definition) is 1. The van der Waals surface area contributed by atoms with Crippen LogP contribution in [0.1, 0.15) is 22.9 Å². The summed E-state index contributed by atoms with van der Waals surface area (Å²) in [4.78, 5) is 5.51. The van der Waals surface area contributed by atoms with Crippen LogP contribution in [0, 0.1) is 0 Å². The van der Waals surface area contributed by atoms with Gasteiger partial charge in [-0.15, -0.1) is 11.3 Å². The third-order valence-electron chi connectivity index (χ3n) is 2.75. The van der Waals surface area contributed by atoms with Crippen LogP contribution in [0.25, 0.3) is 0 Å². The Kier molecular flexibility index (Phi) is 4.71. The largest absolute Gasteiger partial charge is 0.312 e. The molecular weight excluding hydrogens is 296 g/mol. The van der Waals surface area contributed by atoms with Crippen LogP contribution in [-0.4, -0.2) is 12.0 Å². The van der Waals surface area contributed by atoms with Crippen LogP contribution >= 0.6 is 27.3 Å². The van der Waals surface area contributed by atoms with Crippen molar-refractivity contribution in [2.45, 2.75) is 18.9 Å². The molecule has 1 unspecified atom stereocenters. The summed E-state index contributed by atoms with van der Waals surface area (Å²) in [6, 6.07) is 6.63. The summed E-state index contributed by atoms with van der Waals surface area (Å²) in [6.07, 6.45) is 5.89. The first-order chi connectivity index (χ1) is 8.31. The van der Waals surface area contributed by atoms with Gasteiger partial charge in [0.15, 0.2) is 0 Å². The molecule has 0 aliphatic rings. The molecule has 0 saturated heterocycles. The van der Waals surface area contributed by atoms with E-state index in [0.29, 0.717) is 6.04 Å². The van der Waals surface area contributed by atoms with Gasteiger partial charge in [-0.05, 0) is 58.9 Å². The lowest BCUT2D eigenvalue weighted by Crippen LogP contribution is -2.16. The third kappa shape index (κ3) is 3.37. The molecule has 1 atom stereocenters. The van der Waals surface area contributed by atoms with Gasteiger partial charge in [0.25, 0.3) is 0 Å². The third-order valence-corrected chi connectivity index (χ3v) is 4.74. The Morgan fingerprint density at radius 1 is 1.47 bits per heavy atom. The molecule has 1 N–H and O–H groups in total. The van der Waals surface area contributed by atoms with Gasteiger partial charge in [-0.3, -0.25) is 4.98 Å². The molecule has 90 valence electrons. The molecule has 17 heavy (non-hydrogen) atoms. The number of nitrogens with one attached hydrogen (secondary N) is 1. The first kappa shape index (κ1) is 12.7. The number of nitrogens with zero attached hydrogens (tertiary/aromatic N) is 1. The van der Waals surface area contributed by atoms with E-state index in [0.717, 1.165) is 12.8 Å². The van der Waals surface area contributed by atoms with E-state index in [1.54, 1.807) is 11.3 Å². The molecule has 0 aromatic carbocycles. The summed E-state index contributed by atoms with van der Waals surface area (Å²) in [5.74, 6) is 0. The topological polar surface area (TPSA) is 24.9 Å². The minimum Gasteiger partial charge on any atom is -0.312 e. The molecular formula is C13H15BrN2S. The van der Waals surface area contributed by atoms with E-state index in [1.165, 1.54) is 14.9 Å². The number of halogens is 1. The predicted molar refractivity (Wildman–Crippen MR) is 76.4 cm³/mol. The molecule has 0 aliphatic carbocycles. The lowest BCUT2D eigenvalue weighted by Gasteiger charge is -2.15. The number of pyridine rings is 1. The van der Waals surface area contributed by atoms with Crippen molar-refractivity contribution in [1.82, 2.24) is 10.3 Å². The quantitative estimate of drug-likeness (QED) is 0.908. The Bertz CT molecular complexity index is 455. The van der Waals surface area contributed by atoms with Gasteiger partial charge < -0.3 is 5.32 Å². The van der Waals surface area contributed by atoms with E-state index >= 15 is 0 Å².